The summed E-state index contributed by atoms with van der Waals surface area (Å²) < 4.78 is 3.19. The van der Waals surface area contributed by atoms with Crippen LogP contribution in [0.5, 0.6) is 0 Å². The molecule has 45 valence electrons. The zero-order valence-corrected chi connectivity index (χ0v) is 5.66. The van der Waals surface area contributed by atoms with Crippen LogP contribution in [-0.4, -0.2) is 0 Å². The van der Waals surface area contributed by atoms with E-state index in [2.05, 4.69) is 16.9 Å². The molecule has 1 aliphatic heterocycles. The first-order valence-corrected chi connectivity index (χ1v) is 3.82. The van der Waals surface area contributed by atoms with Crippen molar-refractivity contribution in [2.75, 3.05) is 4.72 Å². The number of anilines is 1. The molecular weight excluding hydrogens is 130 g/mol. The monoisotopic (exact) mass is 136 g/mol. The van der Waals surface area contributed by atoms with Crippen LogP contribution in [0, 0.1) is 6.07 Å². The van der Waals surface area contributed by atoms with E-state index >= 15 is 0 Å². The molecule has 1 aromatic carbocycles. The van der Waals surface area contributed by atoms with Crippen LogP contribution in [0.3, 0.4) is 0 Å². The van der Waals surface area contributed by atoms with Crippen LogP contribution in [0.15, 0.2) is 18.2 Å². The third-order valence-electron chi connectivity index (χ3n) is 1.36. The Labute approximate surface area is 58.6 Å². The Hall–Kier alpha value is -0.630. The maximum Gasteiger partial charge on any atom is 0.0487 e. The first kappa shape index (κ1) is 5.18. The van der Waals surface area contributed by atoms with Gasteiger partial charge in [0, 0.05) is 11.4 Å². The van der Waals surface area contributed by atoms with Crippen LogP contribution in [0.25, 0.3) is 0 Å². The van der Waals surface area contributed by atoms with E-state index in [4.69, 9.17) is 0 Å². The van der Waals surface area contributed by atoms with Crippen molar-refractivity contribution in [3.05, 3.63) is 29.8 Å². The molecule has 1 heterocycles. The van der Waals surface area contributed by atoms with Crippen LogP contribution >= 0.6 is 11.9 Å². The smallest absolute Gasteiger partial charge is 0.0487 e. The van der Waals surface area contributed by atoms with Gasteiger partial charge in [0.15, 0.2) is 0 Å². The Morgan fingerprint density at radius 1 is 1.67 bits per heavy atom. The Balaban J connectivity index is 2.54. The molecule has 0 unspecified atom stereocenters. The average Bonchev–Trinajstić information content (AvgIpc) is 2.33. The van der Waals surface area contributed by atoms with Crippen LogP contribution in [0.4, 0.5) is 5.69 Å². The van der Waals surface area contributed by atoms with Gasteiger partial charge in [0.05, 0.1) is 0 Å². The molecule has 0 fully saturated rings. The fourth-order valence-electron chi connectivity index (χ4n) is 0.875. The van der Waals surface area contributed by atoms with E-state index < -0.39 is 0 Å². The molecule has 0 saturated carbocycles. The number of nitrogens with one attached hydrogen (secondary N) is 1. The van der Waals surface area contributed by atoms with E-state index in [-0.39, 0.29) is 0 Å². The zero-order chi connectivity index (χ0) is 6.10. The SMILES string of the molecule is [c]1ccc2c(c1)NSC2. The average molecular weight is 136 g/mol. The maximum absolute atomic E-state index is 3.19. The van der Waals surface area contributed by atoms with E-state index in [1.807, 2.05) is 12.1 Å². The Bertz CT molecular complexity index is 199. The second-order valence-corrected chi connectivity index (χ2v) is 2.76. The Kier molecular flexibility index (Phi) is 1.12. The minimum absolute atomic E-state index is 1.09. The number of rotatable bonds is 0. The lowest BCUT2D eigenvalue weighted by atomic mass is 10.2. The van der Waals surface area contributed by atoms with E-state index in [0.717, 1.165) is 5.75 Å². The molecule has 0 saturated heterocycles. The number of fused-ring (bicyclic) bond motifs is 1. The van der Waals surface area contributed by atoms with Crippen LogP contribution in [-0.2, 0) is 5.75 Å². The highest BCUT2D eigenvalue weighted by molar-refractivity contribution is 8.00. The molecule has 0 atom stereocenters. The van der Waals surface area contributed by atoms with Gasteiger partial charge in [-0.25, -0.2) is 0 Å². The van der Waals surface area contributed by atoms with Gasteiger partial charge >= 0.3 is 0 Å². The van der Waals surface area contributed by atoms with Gasteiger partial charge in [-0.15, -0.1) is 0 Å². The van der Waals surface area contributed by atoms with Crippen molar-refractivity contribution in [1.29, 1.82) is 0 Å². The van der Waals surface area contributed by atoms with Gasteiger partial charge < -0.3 is 4.72 Å². The molecule has 1 nitrogen and oxygen atoms in total. The highest BCUT2D eigenvalue weighted by Gasteiger charge is 2.07. The first-order valence-electron chi connectivity index (χ1n) is 2.83. The highest BCUT2D eigenvalue weighted by Crippen LogP contribution is 2.29. The second kappa shape index (κ2) is 1.95. The predicted molar refractivity (Wildman–Crippen MR) is 40.2 cm³/mol. The molecule has 1 radical (unpaired) electrons. The van der Waals surface area contributed by atoms with Crippen molar-refractivity contribution in [3.8, 4) is 0 Å². The lowest BCUT2D eigenvalue weighted by Crippen LogP contribution is -1.76. The largest absolute Gasteiger partial charge is 0.329 e. The number of hydrogen-bond donors (Lipinski definition) is 1. The molecule has 1 aromatic rings. The van der Waals surface area contributed by atoms with Gasteiger partial charge in [0.2, 0.25) is 0 Å². The van der Waals surface area contributed by atoms with Crippen LogP contribution in [0.1, 0.15) is 5.56 Å². The minimum atomic E-state index is 1.09. The van der Waals surface area contributed by atoms with Crippen LogP contribution < -0.4 is 4.72 Å². The quantitative estimate of drug-likeness (QED) is 0.548. The summed E-state index contributed by atoms with van der Waals surface area (Å²) in [5, 5.41) is 0. The number of benzene rings is 1. The van der Waals surface area contributed by atoms with Crippen molar-refractivity contribution < 1.29 is 0 Å². The summed E-state index contributed by atoms with van der Waals surface area (Å²) in [5.74, 6) is 1.09. The number of hydrogen-bond acceptors (Lipinski definition) is 2. The maximum atomic E-state index is 3.19. The van der Waals surface area contributed by atoms with E-state index in [1.54, 1.807) is 11.9 Å². The Morgan fingerprint density at radius 3 is 3.56 bits per heavy atom. The molecule has 2 rings (SSSR count). The van der Waals surface area contributed by atoms with Crippen molar-refractivity contribution in [3.63, 3.8) is 0 Å². The lowest BCUT2D eigenvalue weighted by molar-refractivity contribution is 1.46. The molecule has 9 heavy (non-hydrogen) atoms. The summed E-state index contributed by atoms with van der Waals surface area (Å²) in [6, 6.07) is 9.05. The molecule has 0 aliphatic carbocycles. The first-order chi connectivity index (χ1) is 4.47. The standard InChI is InChI=1S/C7H6NS/c1-2-4-7-6(3-1)5-9-8-7/h1,3-4,8H,5H2. The molecular formula is C7H6NS. The van der Waals surface area contributed by atoms with Crippen molar-refractivity contribution in [2.45, 2.75) is 5.75 Å². The summed E-state index contributed by atoms with van der Waals surface area (Å²) in [4.78, 5) is 0. The third-order valence-corrected chi connectivity index (χ3v) is 2.18. The van der Waals surface area contributed by atoms with Gasteiger partial charge in [0.25, 0.3) is 0 Å². The van der Waals surface area contributed by atoms with E-state index in [0.29, 0.717) is 0 Å². The summed E-state index contributed by atoms with van der Waals surface area (Å²) in [6.07, 6.45) is 0. The van der Waals surface area contributed by atoms with Gasteiger partial charge in [0.1, 0.15) is 0 Å². The normalized spacial score (nSPS) is 14.7. The van der Waals surface area contributed by atoms with Gasteiger partial charge in [-0.2, -0.15) is 0 Å². The van der Waals surface area contributed by atoms with Crippen molar-refractivity contribution >= 4 is 17.6 Å². The Morgan fingerprint density at radius 2 is 2.67 bits per heavy atom. The summed E-state index contributed by atoms with van der Waals surface area (Å²) in [7, 11) is 0. The summed E-state index contributed by atoms with van der Waals surface area (Å²) >= 11 is 1.73. The van der Waals surface area contributed by atoms with Crippen molar-refractivity contribution in [2.24, 2.45) is 0 Å². The second-order valence-electron chi connectivity index (χ2n) is 1.97. The van der Waals surface area contributed by atoms with Gasteiger partial charge in [-0.05, 0) is 29.6 Å². The van der Waals surface area contributed by atoms with Gasteiger partial charge in [-0.3, -0.25) is 0 Å². The van der Waals surface area contributed by atoms with Gasteiger partial charge in [-0.1, -0.05) is 12.1 Å². The molecule has 0 amide bonds. The molecule has 0 aromatic heterocycles. The fraction of sp³-hybridized carbons (Fsp3) is 0.143. The highest BCUT2D eigenvalue weighted by atomic mass is 32.2. The zero-order valence-electron chi connectivity index (χ0n) is 4.85. The van der Waals surface area contributed by atoms with E-state index in [1.165, 1.54) is 11.3 Å². The summed E-state index contributed by atoms with van der Waals surface area (Å²) in [5.41, 5.74) is 2.61. The molecule has 1 aliphatic rings. The topological polar surface area (TPSA) is 12.0 Å². The van der Waals surface area contributed by atoms with Crippen LogP contribution in [0.2, 0.25) is 0 Å². The molecule has 0 spiro atoms. The molecule has 0 bridgehead atoms. The fourth-order valence-corrected chi connectivity index (χ4v) is 1.70. The third kappa shape index (κ3) is 0.793. The minimum Gasteiger partial charge on any atom is -0.329 e. The lowest BCUT2D eigenvalue weighted by Gasteiger charge is -1.92. The summed E-state index contributed by atoms with van der Waals surface area (Å²) in [6.45, 7) is 0. The molecule has 2 heteroatoms. The van der Waals surface area contributed by atoms with E-state index in [9.17, 15) is 0 Å². The molecule has 1 N–H and O–H groups in total. The van der Waals surface area contributed by atoms with Crippen molar-refractivity contribution in [1.82, 2.24) is 0 Å². The predicted octanol–water partition coefficient (Wildman–Crippen LogP) is 2.06.